The van der Waals surface area contributed by atoms with Gasteiger partial charge in [-0.3, -0.25) is 0 Å². The van der Waals surface area contributed by atoms with Crippen molar-refractivity contribution in [1.82, 2.24) is 4.98 Å². The van der Waals surface area contributed by atoms with E-state index in [0.29, 0.717) is 0 Å². The molecule has 8 heavy (non-hydrogen) atoms. The lowest BCUT2D eigenvalue weighted by molar-refractivity contribution is -0.674. The molecule has 0 aliphatic heterocycles. The lowest BCUT2D eigenvalue weighted by atomic mass is 10.5. The maximum atomic E-state index is 4.04. The maximum Gasteiger partial charge on any atom is 0.286 e. The summed E-state index contributed by atoms with van der Waals surface area (Å²) < 4.78 is 1.91. The molecule has 1 heterocycles. The van der Waals surface area contributed by atoms with Crippen LogP contribution in [0.3, 0.4) is 0 Å². The van der Waals surface area contributed by atoms with E-state index in [-0.39, 0.29) is 0 Å². The van der Waals surface area contributed by atoms with E-state index in [4.69, 9.17) is 0 Å². The van der Waals surface area contributed by atoms with Gasteiger partial charge in [0.1, 0.15) is 0 Å². The third-order valence-electron chi connectivity index (χ3n) is 0.994. The normalized spacial score (nSPS) is 9.25. The monoisotopic (exact) mass is 109 g/mol. The highest BCUT2D eigenvalue weighted by Gasteiger charge is 1.89. The highest BCUT2D eigenvalue weighted by Crippen LogP contribution is 1.80. The predicted molar refractivity (Wildman–Crippen MR) is 30.1 cm³/mol. The second kappa shape index (κ2) is 1.90. The van der Waals surface area contributed by atoms with E-state index in [1.54, 1.807) is 6.33 Å². The van der Waals surface area contributed by atoms with Crippen LogP contribution in [0.1, 0.15) is 5.69 Å². The van der Waals surface area contributed by atoms with Crippen molar-refractivity contribution in [3.63, 3.8) is 0 Å². The number of aromatic nitrogens is 2. The summed E-state index contributed by atoms with van der Waals surface area (Å²) in [6.45, 7) is 1.97. The Bertz CT molecular complexity index is 145. The molecule has 2 heteroatoms. The van der Waals surface area contributed by atoms with Crippen LogP contribution in [-0.4, -0.2) is 4.98 Å². The number of hydrogen-bond donors (Lipinski definition) is 0. The summed E-state index contributed by atoms with van der Waals surface area (Å²) in [6.07, 6.45) is 3.76. The molecule has 0 unspecified atom stereocenters. The SMILES string of the molecule is Cc1cc[n+](C)cn1. The van der Waals surface area contributed by atoms with Gasteiger partial charge in [0.15, 0.2) is 5.69 Å². The summed E-state index contributed by atoms with van der Waals surface area (Å²) in [5.74, 6) is 0. The average Bonchev–Trinajstić information content (AvgIpc) is 1.77. The smallest absolute Gasteiger partial charge is 0.240 e. The van der Waals surface area contributed by atoms with Crippen molar-refractivity contribution >= 4 is 0 Å². The fourth-order valence-corrected chi connectivity index (χ4v) is 0.489. The van der Waals surface area contributed by atoms with Crippen molar-refractivity contribution in [2.24, 2.45) is 7.05 Å². The van der Waals surface area contributed by atoms with Crippen molar-refractivity contribution in [2.75, 3.05) is 0 Å². The first-order chi connectivity index (χ1) is 3.79. The molecular weight excluding hydrogens is 100 g/mol. The molecule has 0 N–H and O–H groups in total. The molecule has 1 aromatic rings. The van der Waals surface area contributed by atoms with E-state index < -0.39 is 0 Å². The Morgan fingerprint density at radius 1 is 1.62 bits per heavy atom. The van der Waals surface area contributed by atoms with E-state index in [1.165, 1.54) is 0 Å². The molecule has 0 atom stereocenters. The van der Waals surface area contributed by atoms with Crippen molar-refractivity contribution in [1.29, 1.82) is 0 Å². The topological polar surface area (TPSA) is 16.8 Å². The van der Waals surface area contributed by atoms with Crippen LogP contribution in [0.2, 0.25) is 0 Å². The summed E-state index contributed by atoms with van der Waals surface area (Å²) in [7, 11) is 1.95. The van der Waals surface area contributed by atoms with Crippen molar-refractivity contribution in [3.8, 4) is 0 Å². The molecule has 1 aromatic heterocycles. The summed E-state index contributed by atoms with van der Waals surface area (Å²) in [5, 5.41) is 0. The minimum Gasteiger partial charge on any atom is -0.240 e. The Kier molecular flexibility index (Phi) is 1.24. The molecule has 0 saturated carbocycles. The summed E-state index contributed by atoms with van der Waals surface area (Å²) in [5.41, 5.74) is 1.06. The Morgan fingerprint density at radius 2 is 2.38 bits per heavy atom. The highest BCUT2D eigenvalue weighted by atomic mass is 15.0. The first kappa shape index (κ1) is 5.22. The van der Waals surface area contributed by atoms with Crippen LogP contribution in [0, 0.1) is 6.92 Å². The molecule has 0 spiro atoms. The lowest BCUT2D eigenvalue weighted by Crippen LogP contribution is -2.27. The summed E-state index contributed by atoms with van der Waals surface area (Å²) in [6, 6.07) is 1.97. The van der Waals surface area contributed by atoms with Crippen molar-refractivity contribution in [2.45, 2.75) is 6.92 Å². The van der Waals surface area contributed by atoms with Crippen LogP contribution in [0.5, 0.6) is 0 Å². The second-order valence-corrected chi connectivity index (χ2v) is 1.87. The van der Waals surface area contributed by atoms with Gasteiger partial charge in [0.25, 0.3) is 6.33 Å². The molecule has 0 aromatic carbocycles. The fraction of sp³-hybridized carbons (Fsp3) is 0.333. The zero-order valence-electron chi connectivity index (χ0n) is 5.13. The lowest BCUT2D eigenvalue weighted by Gasteiger charge is -1.83. The predicted octanol–water partition coefficient (Wildman–Crippen LogP) is 0.215. The van der Waals surface area contributed by atoms with Gasteiger partial charge in [0.05, 0.1) is 13.2 Å². The van der Waals surface area contributed by atoms with Gasteiger partial charge >= 0.3 is 0 Å². The van der Waals surface area contributed by atoms with Crippen LogP contribution in [0.15, 0.2) is 18.6 Å². The minimum absolute atomic E-state index is 1.06. The molecule has 1 rings (SSSR count). The molecule has 2 nitrogen and oxygen atoms in total. The molecule has 0 radical (unpaired) electrons. The molecule has 0 bridgehead atoms. The van der Waals surface area contributed by atoms with Gasteiger partial charge in [-0.05, 0) is 0 Å². The van der Waals surface area contributed by atoms with Gasteiger partial charge in [0, 0.05) is 13.0 Å². The van der Waals surface area contributed by atoms with Crippen molar-refractivity contribution < 1.29 is 4.57 Å². The zero-order valence-corrected chi connectivity index (χ0v) is 5.13. The third kappa shape index (κ3) is 1.03. The van der Waals surface area contributed by atoms with Gasteiger partial charge in [-0.15, -0.1) is 0 Å². The summed E-state index contributed by atoms with van der Waals surface area (Å²) >= 11 is 0. The molecule has 0 amide bonds. The molecule has 0 aliphatic rings. The largest absolute Gasteiger partial charge is 0.286 e. The van der Waals surface area contributed by atoms with Crippen LogP contribution >= 0.6 is 0 Å². The number of aryl methyl sites for hydroxylation is 2. The highest BCUT2D eigenvalue weighted by molar-refractivity contribution is 4.89. The van der Waals surface area contributed by atoms with E-state index in [1.807, 2.05) is 30.8 Å². The molecule has 0 fully saturated rings. The van der Waals surface area contributed by atoms with E-state index in [2.05, 4.69) is 4.98 Å². The van der Waals surface area contributed by atoms with Gasteiger partial charge in [-0.1, -0.05) is 4.98 Å². The first-order valence-corrected chi connectivity index (χ1v) is 2.57. The van der Waals surface area contributed by atoms with Crippen molar-refractivity contribution in [3.05, 3.63) is 24.3 Å². The number of hydrogen-bond acceptors (Lipinski definition) is 1. The quantitative estimate of drug-likeness (QED) is 0.435. The second-order valence-electron chi connectivity index (χ2n) is 1.87. The van der Waals surface area contributed by atoms with Gasteiger partial charge in [-0.2, -0.15) is 0 Å². The van der Waals surface area contributed by atoms with E-state index in [9.17, 15) is 0 Å². The fourth-order valence-electron chi connectivity index (χ4n) is 0.489. The first-order valence-electron chi connectivity index (χ1n) is 2.57. The van der Waals surface area contributed by atoms with Crippen LogP contribution in [0.25, 0.3) is 0 Å². The Morgan fingerprint density at radius 3 is 2.75 bits per heavy atom. The van der Waals surface area contributed by atoms with E-state index >= 15 is 0 Å². The standard InChI is InChI=1S/C6H9N2/c1-6-3-4-8(2)5-7-6/h3-5H,1-2H3/q+1. The van der Waals surface area contributed by atoms with Crippen LogP contribution in [-0.2, 0) is 7.05 Å². The third-order valence-corrected chi connectivity index (χ3v) is 0.994. The Balaban J connectivity index is 3.03. The average molecular weight is 109 g/mol. The van der Waals surface area contributed by atoms with Gasteiger partial charge in [0.2, 0.25) is 0 Å². The molecular formula is C6H9N2+. The summed E-state index contributed by atoms with van der Waals surface area (Å²) in [4.78, 5) is 4.04. The van der Waals surface area contributed by atoms with Crippen LogP contribution < -0.4 is 4.57 Å². The molecule has 0 saturated heterocycles. The van der Waals surface area contributed by atoms with Gasteiger partial charge in [-0.25, -0.2) is 4.57 Å². The van der Waals surface area contributed by atoms with E-state index in [0.717, 1.165) is 5.69 Å². The molecule has 42 valence electrons. The molecule has 0 aliphatic carbocycles. The van der Waals surface area contributed by atoms with Gasteiger partial charge < -0.3 is 0 Å². The zero-order chi connectivity index (χ0) is 5.98. The maximum absolute atomic E-state index is 4.04. The number of nitrogens with zero attached hydrogens (tertiary/aromatic N) is 2. The Hall–Kier alpha value is -0.920. The minimum atomic E-state index is 1.06. The Labute approximate surface area is 48.8 Å². The number of rotatable bonds is 0. The van der Waals surface area contributed by atoms with Crippen LogP contribution in [0.4, 0.5) is 0 Å².